The second-order valence-electron chi connectivity index (χ2n) is 19.9. The van der Waals surface area contributed by atoms with E-state index in [1.165, 1.54) is 71.9 Å². The van der Waals surface area contributed by atoms with Crippen molar-refractivity contribution in [1.29, 1.82) is 0 Å². The number of hydrogen-bond donors (Lipinski definition) is 0. The Morgan fingerprint density at radius 1 is 0.364 bits per heavy atom. The van der Waals surface area contributed by atoms with Crippen molar-refractivity contribution >= 4 is 43.7 Å². The summed E-state index contributed by atoms with van der Waals surface area (Å²) in [6, 6.07) is 86.2. The van der Waals surface area contributed by atoms with Gasteiger partial charge in [0.1, 0.15) is 11.2 Å². The Morgan fingerprint density at radius 3 is 1.34 bits per heavy atom. The maximum absolute atomic E-state index is 6.46. The molecule has 12 aromatic rings. The predicted molar refractivity (Wildman–Crippen MR) is 316 cm³/mol. The van der Waals surface area contributed by atoms with Gasteiger partial charge in [0.25, 0.3) is 0 Å². The van der Waals surface area contributed by atoms with Gasteiger partial charge in [-0.25, -0.2) is 0 Å². The zero-order valence-corrected chi connectivity index (χ0v) is 43.4. The average Bonchev–Trinajstić information content (AvgIpc) is 4.14. The molecule has 2 heterocycles. The number of methoxy groups -OCH3 is 1. The fourth-order valence-corrected chi connectivity index (χ4v) is 10.9. The van der Waals surface area contributed by atoms with Crippen LogP contribution in [0.3, 0.4) is 0 Å². The largest absolute Gasteiger partial charge is 0.455 e. The van der Waals surface area contributed by atoms with Crippen LogP contribution in [0.15, 0.2) is 241 Å². The Bertz CT molecular complexity index is 3820. The highest BCUT2D eigenvalue weighted by atomic mass is 16.6. The third-order valence-corrected chi connectivity index (χ3v) is 15.0. The molecule has 10 aromatic carbocycles. The minimum absolute atomic E-state index is 0.251. The van der Waals surface area contributed by atoms with Gasteiger partial charge in [-0.2, -0.15) is 0 Å². The summed E-state index contributed by atoms with van der Waals surface area (Å²) in [7, 11) is 1.67. The van der Waals surface area contributed by atoms with Gasteiger partial charge < -0.3 is 27.9 Å². The number of nitrogens with zero attached hydrogens (tertiary/aromatic N) is 1. The molecule has 0 aliphatic heterocycles. The zero-order chi connectivity index (χ0) is 51.8. The van der Waals surface area contributed by atoms with Gasteiger partial charge in [0.2, 0.25) is 0 Å². The number of hydrogen-bond acceptors (Lipinski definition) is 5. The van der Waals surface area contributed by atoms with Crippen molar-refractivity contribution in [2.75, 3.05) is 46.8 Å². The van der Waals surface area contributed by atoms with Gasteiger partial charge in [0.05, 0.1) is 57.3 Å². The van der Waals surface area contributed by atoms with Crippen LogP contribution in [-0.4, -0.2) is 51.3 Å². The molecule has 0 saturated heterocycles. The lowest BCUT2D eigenvalue weighted by molar-refractivity contribution is 0.000870. The van der Waals surface area contributed by atoms with Crippen LogP contribution in [-0.2, 0) is 38.4 Å². The van der Waals surface area contributed by atoms with E-state index in [-0.39, 0.29) is 5.92 Å². The summed E-state index contributed by atoms with van der Waals surface area (Å²) in [6.45, 7) is 3.91. The molecular formula is C71H61NO5. The summed E-state index contributed by atoms with van der Waals surface area (Å²) in [4.78, 5) is 0. The van der Waals surface area contributed by atoms with Crippen molar-refractivity contribution in [3.05, 3.63) is 259 Å². The van der Waals surface area contributed by atoms with E-state index in [0.717, 1.165) is 57.2 Å². The standard InChI is InChI=1S/C71H61NO5/c1-73-41-42-74-43-44-75-45-46-76-49-52-21-27-55(28-22-52)57-31-29-56(30-32-57)53-23-17-50(18-24-53)47-61(59-33-35-60(36-34-59)63-12-8-13-67-66-11-4-7-16-70(66)77-71(63)67)48-51-19-25-54(26-20-51)58-37-39-62(40-38-58)72-68-14-5-2-9-64(68)65-10-3-6-15-69(65)72/h2-40,61H,41-49H2,1H3. The molecule has 0 aliphatic carbocycles. The second-order valence-corrected chi connectivity index (χ2v) is 19.9. The summed E-state index contributed by atoms with van der Waals surface area (Å²) >= 11 is 0. The van der Waals surface area contributed by atoms with Gasteiger partial charge in [-0.3, -0.25) is 0 Å². The molecule has 1 unspecified atom stereocenters. The molecule has 12 rings (SSSR count). The van der Waals surface area contributed by atoms with Crippen molar-refractivity contribution in [2.45, 2.75) is 25.4 Å². The van der Waals surface area contributed by atoms with Crippen LogP contribution < -0.4 is 0 Å². The normalized spacial score (nSPS) is 12.1. The highest BCUT2D eigenvalue weighted by Crippen LogP contribution is 2.38. The Kier molecular flexibility index (Phi) is 15.0. The van der Waals surface area contributed by atoms with Crippen LogP contribution in [0, 0.1) is 0 Å². The van der Waals surface area contributed by atoms with Crippen molar-refractivity contribution in [3.63, 3.8) is 0 Å². The summed E-state index contributed by atoms with van der Waals surface area (Å²) in [5.41, 5.74) is 20.0. The smallest absolute Gasteiger partial charge is 0.143 e. The van der Waals surface area contributed by atoms with Crippen LogP contribution in [0.5, 0.6) is 0 Å². The molecule has 1 atom stereocenters. The van der Waals surface area contributed by atoms with E-state index in [2.05, 4.69) is 235 Å². The highest BCUT2D eigenvalue weighted by Gasteiger charge is 2.18. The van der Waals surface area contributed by atoms with E-state index in [1.54, 1.807) is 7.11 Å². The molecule has 77 heavy (non-hydrogen) atoms. The first-order valence-corrected chi connectivity index (χ1v) is 26.8. The number of benzene rings is 10. The van der Waals surface area contributed by atoms with Gasteiger partial charge in [-0.1, -0.05) is 206 Å². The lowest BCUT2D eigenvalue weighted by atomic mass is 9.85. The van der Waals surface area contributed by atoms with E-state index < -0.39 is 0 Å². The number of rotatable bonds is 21. The first-order valence-electron chi connectivity index (χ1n) is 26.8. The summed E-state index contributed by atoms with van der Waals surface area (Å²) in [5.74, 6) is 0.251. The molecule has 0 N–H and O–H groups in total. The summed E-state index contributed by atoms with van der Waals surface area (Å²) in [6.07, 6.45) is 1.81. The highest BCUT2D eigenvalue weighted by molar-refractivity contribution is 6.10. The molecule has 0 saturated carbocycles. The topological polar surface area (TPSA) is 55.0 Å². The predicted octanol–water partition coefficient (Wildman–Crippen LogP) is 17.1. The van der Waals surface area contributed by atoms with Gasteiger partial charge in [0.15, 0.2) is 0 Å². The van der Waals surface area contributed by atoms with E-state index in [1.807, 2.05) is 6.07 Å². The Hall–Kier alpha value is -8.36. The van der Waals surface area contributed by atoms with Gasteiger partial charge in [-0.05, 0) is 110 Å². The number of aromatic nitrogens is 1. The molecule has 0 bridgehead atoms. The van der Waals surface area contributed by atoms with Gasteiger partial charge >= 0.3 is 0 Å². The lowest BCUT2D eigenvalue weighted by Crippen LogP contribution is -2.11. The van der Waals surface area contributed by atoms with E-state index in [9.17, 15) is 0 Å². The van der Waals surface area contributed by atoms with Crippen molar-refractivity contribution in [3.8, 4) is 50.2 Å². The maximum atomic E-state index is 6.46. The molecule has 6 nitrogen and oxygen atoms in total. The SMILES string of the molecule is COCCOCCOCCOCc1ccc(-c2ccc(-c3ccc(CC(Cc4ccc(-c5ccc(-n6c7ccccc7c7ccccc76)cc5)cc4)c4ccc(-c5cccc6c5oc5ccccc56)cc4)cc3)cc2)cc1. The number of fused-ring (bicyclic) bond motifs is 6. The van der Waals surface area contributed by atoms with Crippen LogP contribution in [0.2, 0.25) is 0 Å². The van der Waals surface area contributed by atoms with E-state index in [4.69, 9.17) is 23.4 Å². The third-order valence-electron chi connectivity index (χ3n) is 15.0. The van der Waals surface area contributed by atoms with Crippen molar-refractivity contribution in [2.24, 2.45) is 0 Å². The quantitative estimate of drug-likeness (QED) is 0.0672. The number of ether oxygens (including phenoxy) is 4. The van der Waals surface area contributed by atoms with Crippen molar-refractivity contribution < 1.29 is 23.4 Å². The molecule has 0 spiro atoms. The molecule has 0 radical (unpaired) electrons. The van der Waals surface area contributed by atoms with Gasteiger partial charge in [-0.15, -0.1) is 0 Å². The zero-order valence-electron chi connectivity index (χ0n) is 43.4. The summed E-state index contributed by atoms with van der Waals surface area (Å²) < 4.78 is 30.7. The Balaban J connectivity index is 0.740. The van der Waals surface area contributed by atoms with Crippen LogP contribution >= 0.6 is 0 Å². The molecule has 380 valence electrons. The van der Waals surface area contributed by atoms with E-state index >= 15 is 0 Å². The molecular weight excluding hydrogens is 947 g/mol. The van der Waals surface area contributed by atoms with Crippen LogP contribution in [0.1, 0.15) is 28.2 Å². The first-order chi connectivity index (χ1) is 38.1. The molecule has 0 fully saturated rings. The maximum Gasteiger partial charge on any atom is 0.143 e. The number of para-hydroxylation sites is 4. The van der Waals surface area contributed by atoms with Gasteiger partial charge in [0, 0.05) is 39.9 Å². The fourth-order valence-electron chi connectivity index (χ4n) is 10.9. The molecule has 0 amide bonds. The van der Waals surface area contributed by atoms with Crippen LogP contribution in [0.4, 0.5) is 0 Å². The average molecular weight is 1010 g/mol. The summed E-state index contributed by atoms with van der Waals surface area (Å²) in [5, 5.41) is 4.83. The van der Waals surface area contributed by atoms with Crippen LogP contribution in [0.25, 0.3) is 93.9 Å². The minimum atomic E-state index is 0.251. The van der Waals surface area contributed by atoms with E-state index in [0.29, 0.717) is 46.2 Å². The first kappa shape index (κ1) is 49.5. The second kappa shape index (κ2) is 23.3. The minimum Gasteiger partial charge on any atom is -0.455 e. The number of furan rings is 1. The fraction of sp³-hybridized carbons (Fsp3) is 0.155. The third kappa shape index (κ3) is 11.0. The Labute approximate surface area is 450 Å². The monoisotopic (exact) mass is 1010 g/mol. The Morgan fingerprint density at radius 2 is 0.792 bits per heavy atom. The molecule has 2 aromatic heterocycles. The molecule has 6 heteroatoms. The van der Waals surface area contributed by atoms with Crippen molar-refractivity contribution in [1.82, 2.24) is 4.57 Å². The lowest BCUT2D eigenvalue weighted by Gasteiger charge is -2.19. The molecule has 0 aliphatic rings.